The van der Waals surface area contributed by atoms with E-state index in [1.807, 2.05) is 17.0 Å². The summed E-state index contributed by atoms with van der Waals surface area (Å²) in [7, 11) is 0. The van der Waals surface area contributed by atoms with E-state index in [1.54, 1.807) is 17.0 Å². The predicted octanol–water partition coefficient (Wildman–Crippen LogP) is 2.09. The fourth-order valence-corrected chi connectivity index (χ4v) is 2.50. The Kier molecular flexibility index (Phi) is 4.20. The van der Waals surface area contributed by atoms with Crippen molar-refractivity contribution in [1.82, 2.24) is 15.0 Å². The summed E-state index contributed by atoms with van der Waals surface area (Å²) in [6, 6.07) is 8.14. The molecule has 2 aromatic heterocycles. The van der Waals surface area contributed by atoms with Crippen LogP contribution >= 0.6 is 0 Å². The standard InChI is InChI=1S/C15H13F3N6/c16-15(17,18)12-8-14(21-10-20-12)24-6-4-23(5-7-24)13-3-1-2-11(9-19)22-13/h1-3,8,10H,4-7H2. The van der Waals surface area contributed by atoms with Crippen LogP contribution in [-0.4, -0.2) is 41.1 Å². The molecule has 0 aliphatic carbocycles. The van der Waals surface area contributed by atoms with Crippen molar-refractivity contribution in [2.45, 2.75) is 6.18 Å². The first-order valence-corrected chi connectivity index (χ1v) is 7.23. The first kappa shape index (κ1) is 16.0. The van der Waals surface area contributed by atoms with E-state index in [-0.39, 0.29) is 5.82 Å². The van der Waals surface area contributed by atoms with E-state index in [2.05, 4.69) is 15.0 Å². The van der Waals surface area contributed by atoms with Crippen LogP contribution in [-0.2, 0) is 6.18 Å². The summed E-state index contributed by atoms with van der Waals surface area (Å²) >= 11 is 0. The zero-order valence-electron chi connectivity index (χ0n) is 12.5. The maximum Gasteiger partial charge on any atom is 0.433 e. The predicted molar refractivity (Wildman–Crippen MR) is 80.4 cm³/mol. The van der Waals surface area contributed by atoms with E-state index in [0.29, 0.717) is 37.7 Å². The second-order valence-corrected chi connectivity index (χ2v) is 5.23. The molecule has 3 rings (SSSR count). The normalized spacial score (nSPS) is 15.2. The smallest absolute Gasteiger partial charge is 0.353 e. The highest BCUT2D eigenvalue weighted by Gasteiger charge is 2.33. The summed E-state index contributed by atoms with van der Waals surface area (Å²) in [6.45, 7) is 2.17. The molecule has 1 aliphatic heterocycles. The molecule has 6 nitrogen and oxygen atoms in total. The monoisotopic (exact) mass is 334 g/mol. The van der Waals surface area contributed by atoms with Crippen LogP contribution in [0.25, 0.3) is 0 Å². The number of hydrogen-bond donors (Lipinski definition) is 0. The second-order valence-electron chi connectivity index (χ2n) is 5.23. The van der Waals surface area contributed by atoms with Crippen molar-refractivity contribution in [2.24, 2.45) is 0 Å². The number of nitrogens with zero attached hydrogens (tertiary/aromatic N) is 6. The summed E-state index contributed by atoms with van der Waals surface area (Å²) in [5.74, 6) is 0.947. The molecule has 0 unspecified atom stereocenters. The third-order valence-electron chi connectivity index (χ3n) is 3.72. The average molecular weight is 334 g/mol. The summed E-state index contributed by atoms with van der Waals surface area (Å²) in [5.41, 5.74) is -0.612. The van der Waals surface area contributed by atoms with Crippen LogP contribution < -0.4 is 9.80 Å². The minimum atomic E-state index is -4.48. The number of aromatic nitrogens is 3. The van der Waals surface area contributed by atoms with Crippen molar-refractivity contribution in [1.29, 1.82) is 5.26 Å². The molecule has 0 N–H and O–H groups in total. The van der Waals surface area contributed by atoms with Gasteiger partial charge in [-0.15, -0.1) is 0 Å². The fourth-order valence-electron chi connectivity index (χ4n) is 2.50. The fraction of sp³-hybridized carbons (Fsp3) is 0.333. The largest absolute Gasteiger partial charge is 0.433 e. The molecule has 24 heavy (non-hydrogen) atoms. The van der Waals surface area contributed by atoms with Crippen molar-refractivity contribution < 1.29 is 13.2 Å². The SMILES string of the molecule is N#Cc1cccc(N2CCN(c3cc(C(F)(F)F)ncn3)CC2)n1. The molecule has 0 bridgehead atoms. The number of pyridine rings is 1. The summed E-state index contributed by atoms with van der Waals surface area (Å²) < 4.78 is 38.2. The van der Waals surface area contributed by atoms with E-state index in [1.165, 1.54) is 0 Å². The topological polar surface area (TPSA) is 68.9 Å². The minimum Gasteiger partial charge on any atom is -0.353 e. The van der Waals surface area contributed by atoms with Gasteiger partial charge in [-0.3, -0.25) is 0 Å². The van der Waals surface area contributed by atoms with Crippen LogP contribution in [0.1, 0.15) is 11.4 Å². The van der Waals surface area contributed by atoms with Crippen molar-refractivity contribution >= 4 is 11.6 Å². The Bertz CT molecular complexity index is 762. The van der Waals surface area contributed by atoms with Gasteiger partial charge in [-0.1, -0.05) is 6.07 Å². The van der Waals surface area contributed by atoms with Crippen molar-refractivity contribution in [3.63, 3.8) is 0 Å². The first-order chi connectivity index (χ1) is 11.5. The Morgan fingerprint density at radius 2 is 1.67 bits per heavy atom. The molecule has 1 fully saturated rings. The molecule has 0 aromatic carbocycles. The van der Waals surface area contributed by atoms with Gasteiger partial charge in [-0.05, 0) is 12.1 Å². The van der Waals surface area contributed by atoms with Crippen LogP contribution in [0.3, 0.4) is 0 Å². The van der Waals surface area contributed by atoms with Gasteiger partial charge in [0.25, 0.3) is 0 Å². The Labute approximate surface area is 136 Å². The highest BCUT2D eigenvalue weighted by atomic mass is 19.4. The lowest BCUT2D eigenvalue weighted by molar-refractivity contribution is -0.141. The van der Waals surface area contributed by atoms with Crippen molar-refractivity contribution in [3.05, 3.63) is 42.0 Å². The lowest BCUT2D eigenvalue weighted by atomic mass is 10.2. The van der Waals surface area contributed by atoms with E-state index < -0.39 is 11.9 Å². The highest BCUT2D eigenvalue weighted by Crippen LogP contribution is 2.29. The van der Waals surface area contributed by atoms with Crippen LogP contribution in [0.5, 0.6) is 0 Å². The number of nitriles is 1. The van der Waals surface area contributed by atoms with Crippen molar-refractivity contribution in [2.75, 3.05) is 36.0 Å². The second kappa shape index (κ2) is 6.31. The van der Waals surface area contributed by atoms with E-state index >= 15 is 0 Å². The maximum absolute atomic E-state index is 12.7. The molecule has 0 saturated carbocycles. The molecule has 9 heteroatoms. The van der Waals surface area contributed by atoms with E-state index in [9.17, 15) is 13.2 Å². The Hall–Kier alpha value is -2.89. The number of anilines is 2. The first-order valence-electron chi connectivity index (χ1n) is 7.23. The summed E-state index contributed by atoms with van der Waals surface area (Å²) in [6.07, 6.45) is -3.55. The minimum absolute atomic E-state index is 0.260. The zero-order chi connectivity index (χ0) is 17.2. The van der Waals surface area contributed by atoms with Gasteiger partial charge in [0.1, 0.15) is 35.4 Å². The van der Waals surface area contributed by atoms with E-state index in [4.69, 9.17) is 5.26 Å². The lowest BCUT2D eigenvalue weighted by Crippen LogP contribution is -2.47. The van der Waals surface area contributed by atoms with Crippen LogP contribution in [0.2, 0.25) is 0 Å². The maximum atomic E-state index is 12.7. The Morgan fingerprint density at radius 3 is 2.29 bits per heavy atom. The molecule has 0 amide bonds. The Balaban J connectivity index is 1.70. The van der Waals surface area contributed by atoms with Gasteiger partial charge in [0.05, 0.1) is 0 Å². The van der Waals surface area contributed by atoms with Crippen LogP contribution in [0.15, 0.2) is 30.6 Å². The van der Waals surface area contributed by atoms with Gasteiger partial charge in [0.15, 0.2) is 0 Å². The number of hydrogen-bond acceptors (Lipinski definition) is 6. The highest BCUT2D eigenvalue weighted by molar-refractivity contribution is 5.46. The third-order valence-corrected chi connectivity index (χ3v) is 3.72. The van der Waals surface area contributed by atoms with Crippen LogP contribution in [0, 0.1) is 11.3 Å². The lowest BCUT2D eigenvalue weighted by Gasteiger charge is -2.36. The van der Waals surface area contributed by atoms with Crippen molar-refractivity contribution in [3.8, 4) is 6.07 Å². The quantitative estimate of drug-likeness (QED) is 0.838. The molecule has 2 aromatic rings. The number of piperazine rings is 1. The molecule has 0 atom stereocenters. The van der Waals surface area contributed by atoms with Gasteiger partial charge in [0, 0.05) is 32.2 Å². The Morgan fingerprint density at radius 1 is 1.00 bits per heavy atom. The molecule has 3 heterocycles. The van der Waals surface area contributed by atoms with Gasteiger partial charge in [-0.25, -0.2) is 15.0 Å². The number of alkyl halides is 3. The molecule has 1 aliphatic rings. The number of rotatable bonds is 2. The van der Waals surface area contributed by atoms with E-state index in [0.717, 1.165) is 12.4 Å². The summed E-state index contributed by atoms with van der Waals surface area (Å²) in [4.78, 5) is 15.2. The molecule has 124 valence electrons. The van der Waals surface area contributed by atoms with Gasteiger partial charge < -0.3 is 9.80 Å². The third kappa shape index (κ3) is 3.37. The van der Waals surface area contributed by atoms with Crippen LogP contribution in [0.4, 0.5) is 24.8 Å². The molecule has 0 spiro atoms. The average Bonchev–Trinajstić information content (AvgIpc) is 2.61. The molecule has 0 radical (unpaired) electrons. The van der Waals surface area contributed by atoms with Gasteiger partial charge in [-0.2, -0.15) is 18.4 Å². The molecule has 1 saturated heterocycles. The van der Waals surface area contributed by atoms with Gasteiger partial charge >= 0.3 is 6.18 Å². The molecular formula is C15H13F3N6. The molecular weight excluding hydrogens is 321 g/mol. The van der Waals surface area contributed by atoms with Gasteiger partial charge in [0.2, 0.25) is 0 Å². The zero-order valence-corrected chi connectivity index (χ0v) is 12.5. The number of halogens is 3. The summed E-state index contributed by atoms with van der Waals surface area (Å²) in [5, 5.41) is 8.90.